The zero-order valence-corrected chi connectivity index (χ0v) is 16.9. The highest BCUT2D eigenvalue weighted by Crippen LogP contribution is 2.38. The van der Waals surface area contributed by atoms with E-state index in [9.17, 15) is 9.59 Å². The molecule has 0 bridgehead atoms. The maximum atomic E-state index is 13.3. The number of carbonyl (C=O) groups excluding carboxylic acids is 2. The van der Waals surface area contributed by atoms with Gasteiger partial charge in [-0.05, 0) is 56.4 Å². The highest BCUT2D eigenvalue weighted by Gasteiger charge is 2.45. The van der Waals surface area contributed by atoms with Crippen LogP contribution < -0.4 is 5.32 Å². The highest BCUT2D eigenvalue weighted by molar-refractivity contribution is 6.01. The molecule has 2 atom stereocenters. The van der Waals surface area contributed by atoms with Crippen molar-refractivity contribution in [3.8, 4) is 0 Å². The third-order valence-electron chi connectivity index (χ3n) is 5.88. The fraction of sp³-hybridized carbons (Fsp3) is 0.455. The number of carbonyl (C=O) groups is 2. The predicted octanol–water partition coefficient (Wildman–Crippen LogP) is 3.76. The molecule has 2 aliphatic heterocycles. The number of hydrogen-bond donors (Lipinski definition) is 1. The highest BCUT2D eigenvalue weighted by atomic mass is 16.2. The van der Waals surface area contributed by atoms with E-state index in [0.29, 0.717) is 18.7 Å². The molecule has 3 rings (SSSR count). The Morgan fingerprint density at radius 2 is 1.89 bits per heavy atom. The van der Waals surface area contributed by atoms with E-state index < -0.39 is 6.04 Å². The van der Waals surface area contributed by atoms with Crippen LogP contribution in [0.5, 0.6) is 0 Å². The summed E-state index contributed by atoms with van der Waals surface area (Å²) in [7, 11) is 0. The lowest BCUT2D eigenvalue weighted by atomic mass is 9.89. The summed E-state index contributed by atoms with van der Waals surface area (Å²) in [4.78, 5) is 29.7. The predicted molar refractivity (Wildman–Crippen MR) is 107 cm³/mol. The molecule has 0 radical (unpaired) electrons. The van der Waals surface area contributed by atoms with Gasteiger partial charge in [0, 0.05) is 12.6 Å². The maximum Gasteiger partial charge on any atom is 0.322 e. The molecule has 1 aromatic carbocycles. The van der Waals surface area contributed by atoms with Gasteiger partial charge >= 0.3 is 6.03 Å². The number of hydrogen-bond acceptors (Lipinski definition) is 2. The van der Waals surface area contributed by atoms with Crippen molar-refractivity contribution < 1.29 is 9.59 Å². The summed E-state index contributed by atoms with van der Waals surface area (Å²) in [6.45, 7) is 14.9. The van der Waals surface area contributed by atoms with Crippen molar-refractivity contribution in [2.75, 3.05) is 13.1 Å². The van der Waals surface area contributed by atoms with Crippen LogP contribution in [0.1, 0.15) is 48.6 Å². The molecule has 1 aromatic rings. The molecule has 0 aromatic heterocycles. The van der Waals surface area contributed by atoms with E-state index in [2.05, 4.69) is 51.7 Å². The Labute approximate surface area is 161 Å². The van der Waals surface area contributed by atoms with Crippen molar-refractivity contribution in [3.05, 3.63) is 58.3 Å². The zero-order valence-electron chi connectivity index (χ0n) is 16.9. The Balaban J connectivity index is 2.13. The quantitative estimate of drug-likeness (QED) is 0.806. The van der Waals surface area contributed by atoms with Crippen molar-refractivity contribution in [2.24, 2.45) is 0 Å². The molecule has 5 nitrogen and oxygen atoms in total. The van der Waals surface area contributed by atoms with Gasteiger partial charge in [-0.15, -0.1) is 6.58 Å². The number of nitrogens with one attached hydrogen (secondary N) is 1. The van der Waals surface area contributed by atoms with Crippen molar-refractivity contribution in [1.82, 2.24) is 15.1 Å². The number of benzene rings is 1. The third kappa shape index (κ3) is 3.15. The number of rotatable bonds is 5. The van der Waals surface area contributed by atoms with Gasteiger partial charge in [0.25, 0.3) is 5.91 Å². The lowest BCUT2D eigenvalue weighted by molar-refractivity contribution is -0.127. The Kier molecular flexibility index (Phi) is 5.13. The third-order valence-corrected chi connectivity index (χ3v) is 5.88. The molecule has 0 aliphatic carbocycles. The Bertz CT molecular complexity index is 840. The number of urea groups is 1. The summed E-state index contributed by atoms with van der Waals surface area (Å²) < 4.78 is 0. The van der Waals surface area contributed by atoms with Gasteiger partial charge in [0.1, 0.15) is 0 Å². The molecule has 0 saturated carbocycles. The molecular formula is C22H29N3O2. The Morgan fingerprint density at radius 3 is 2.52 bits per heavy atom. The van der Waals surface area contributed by atoms with Crippen LogP contribution in [-0.4, -0.2) is 40.9 Å². The van der Waals surface area contributed by atoms with Crippen molar-refractivity contribution in [2.45, 2.75) is 53.1 Å². The molecule has 5 heteroatoms. The second-order valence-corrected chi connectivity index (χ2v) is 7.63. The molecule has 27 heavy (non-hydrogen) atoms. The SMILES string of the molecule is C=CCN1C(=O)N[C@H](c2cc(C)c(C)cc2C)C2=C1CN([C@@H](C)CC)C2=O. The van der Waals surface area contributed by atoms with Gasteiger partial charge in [0.2, 0.25) is 0 Å². The van der Waals surface area contributed by atoms with Crippen LogP contribution in [0.2, 0.25) is 0 Å². The summed E-state index contributed by atoms with van der Waals surface area (Å²) in [5.74, 6) is 0.0241. The van der Waals surface area contributed by atoms with E-state index in [1.54, 1.807) is 11.0 Å². The van der Waals surface area contributed by atoms with Gasteiger partial charge in [-0.2, -0.15) is 0 Å². The molecule has 2 aliphatic rings. The second kappa shape index (κ2) is 7.22. The van der Waals surface area contributed by atoms with Gasteiger partial charge in [-0.3, -0.25) is 9.69 Å². The van der Waals surface area contributed by atoms with Gasteiger partial charge < -0.3 is 10.2 Å². The van der Waals surface area contributed by atoms with Gasteiger partial charge in [-0.25, -0.2) is 4.79 Å². The normalized spacial score (nSPS) is 20.7. The minimum atomic E-state index is -0.408. The first kappa shape index (κ1) is 19.2. The minimum Gasteiger partial charge on any atom is -0.330 e. The molecule has 0 unspecified atom stereocenters. The number of amides is 3. The summed E-state index contributed by atoms with van der Waals surface area (Å²) in [5, 5.41) is 3.07. The summed E-state index contributed by atoms with van der Waals surface area (Å²) in [6, 6.07) is 3.77. The van der Waals surface area contributed by atoms with Crippen LogP contribution in [0, 0.1) is 20.8 Å². The second-order valence-electron chi connectivity index (χ2n) is 7.63. The van der Waals surface area contributed by atoms with Crippen LogP contribution in [0.15, 0.2) is 36.1 Å². The molecule has 144 valence electrons. The first-order valence-electron chi connectivity index (χ1n) is 9.60. The van der Waals surface area contributed by atoms with Crippen molar-refractivity contribution >= 4 is 11.9 Å². The van der Waals surface area contributed by atoms with E-state index in [-0.39, 0.29) is 18.0 Å². The van der Waals surface area contributed by atoms with Crippen LogP contribution in [0.4, 0.5) is 4.79 Å². The molecule has 2 heterocycles. The average molecular weight is 367 g/mol. The van der Waals surface area contributed by atoms with Gasteiger partial charge in [-0.1, -0.05) is 25.1 Å². The lowest BCUT2D eigenvalue weighted by Gasteiger charge is -2.33. The smallest absolute Gasteiger partial charge is 0.322 e. The molecule has 0 spiro atoms. The summed E-state index contributed by atoms with van der Waals surface area (Å²) >= 11 is 0. The van der Waals surface area contributed by atoms with E-state index >= 15 is 0 Å². The van der Waals surface area contributed by atoms with Crippen LogP contribution >= 0.6 is 0 Å². The fourth-order valence-electron chi connectivity index (χ4n) is 3.94. The van der Waals surface area contributed by atoms with E-state index in [0.717, 1.165) is 28.8 Å². The lowest BCUT2D eigenvalue weighted by Crippen LogP contribution is -2.47. The zero-order chi connectivity index (χ0) is 19.9. The topological polar surface area (TPSA) is 52.7 Å². The number of nitrogens with zero attached hydrogens (tertiary/aromatic N) is 2. The van der Waals surface area contributed by atoms with Crippen LogP contribution in [-0.2, 0) is 4.79 Å². The standard InChI is InChI=1S/C22H29N3O2/c1-7-9-24-18-12-25(16(6)8-2)21(26)19(18)20(23-22(24)27)17-11-14(4)13(3)10-15(17)5/h7,10-11,16,20H,1,8-9,12H2,2-6H3,(H,23,27)/t16-,20+/m0/s1. The van der Waals surface area contributed by atoms with Crippen LogP contribution in [0.25, 0.3) is 0 Å². The monoisotopic (exact) mass is 367 g/mol. The van der Waals surface area contributed by atoms with Gasteiger partial charge in [0.05, 0.1) is 23.9 Å². The van der Waals surface area contributed by atoms with Crippen molar-refractivity contribution in [3.63, 3.8) is 0 Å². The molecule has 0 fully saturated rings. The largest absolute Gasteiger partial charge is 0.330 e. The fourth-order valence-corrected chi connectivity index (χ4v) is 3.94. The van der Waals surface area contributed by atoms with E-state index in [4.69, 9.17) is 0 Å². The molecular weight excluding hydrogens is 338 g/mol. The minimum absolute atomic E-state index is 0.0241. The Hall–Kier alpha value is -2.56. The molecule has 1 N–H and O–H groups in total. The van der Waals surface area contributed by atoms with E-state index in [1.807, 2.05) is 11.8 Å². The van der Waals surface area contributed by atoms with Crippen molar-refractivity contribution in [1.29, 1.82) is 0 Å². The maximum absolute atomic E-state index is 13.3. The summed E-state index contributed by atoms with van der Waals surface area (Å²) in [6.07, 6.45) is 2.57. The Morgan fingerprint density at radius 1 is 1.22 bits per heavy atom. The summed E-state index contributed by atoms with van der Waals surface area (Å²) in [5.41, 5.74) is 5.96. The van der Waals surface area contributed by atoms with Gasteiger partial charge in [0.15, 0.2) is 0 Å². The first-order chi connectivity index (χ1) is 12.8. The average Bonchev–Trinajstić information content (AvgIpc) is 2.97. The molecule has 0 saturated heterocycles. The number of aryl methyl sites for hydroxylation is 3. The first-order valence-corrected chi connectivity index (χ1v) is 9.60. The van der Waals surface area contributed by atoms with Crippen LogP contribution in [0.3, 0.4) is 0 Å². The molecule has 3 amide bonds. The van der Waals surface area contributed by atoms with E-state index in [1.165, 1.54) is 5.56 Å².